The predicted octanol–water partition coefficient (Wildman–Crippen LogP) is 4.55. The van der Waals surface area contributed by atoms with Crippen molar-refractivity contribution in [3.05, 3.63) is 52.1 Å². The van der Waals surface area contributed by atoms with Crippen molar-refractivity contribution >= 4 is 28.6 Å². The number of nitrogens with zero attached hydrogens (tertiary/aromatic N) is 2. The molecule has 0 saturated heterocycles. The van der Waals surface area contributed by atoms with Gasteiger partial charge in [-0.25, -0.2) is 0 Å². The first-order chi connectivity index (χ1) is 14.2. The molecule has 2 atom stereocenters. The van der Waals surface area contributed by atoms with E-state index < -0.39 is 28.3 Å². The number of Topliss-reactive ketones (excluding diaryl/α,β-unsaturated/α-hetero) is 1. The van der Waals surface area contributed by atoms with Gasteiger partial charge in [0.25, 0.3) is 0 Å². The molecule has 1 fully saturated rings. The van der Waals surface area contributed by atoms with E-state index in [-0.39, 0.29) is 16.9 Å². The van der Waals surface area contributed by atoms with Crippen molar-refractivity contribution in [3.63, 3.8) is 0 Å². The summed E-state index contributed by atoms with van der Waals surface area (Å²) in [5.74, 6) is -1.09. The van der Waals surface area contributed by atoms with Gasteiger partial charge in [0.2, 0.25) is 5.75 Å². The second kappa shape index (κ2) is 7.12. The molecule has 0 spiro atoms. The number of nitro groups is 1. The first kappa shape index (κ1) is 19.9. The molecule has 2 aromatic carbocycles. The van der Waals surface area contributed by atoms with Gasteiger partial charge in [-0.1, -0.05) is 26.0 Å². The summed E-state index contributed by atoms with van der Waals surface area (Å²) in [6, 6.07) is 9.75. The van der Waals surface area contributed by atoms with Crippen molar-refractivity contribution in [3.8, 4) is 11.5 Å². The molecule has 2 N–H and O–H groups in total. The van der Waals surface area contributed by atoms with Crippen LogP contribution in [0.15, 0.2) is 41.4 Å². The number of para-hydroxylation sites is 2. The molecule has 0 radical (unpaired) electrons. The van der Waals surface area contributed by atoms with Crippen molar-refractivity contribution < 1.29 is 19.6 Å². The number of rotatable bonds is 3. The van der Waals surface area contributed by atoms with Crippen LogP contribution in [-0.2, 0) is 4.79 Å². The van der Waals surface area contributed by atoms with Crippen LogP contribution in [-0.4, -0.2) is 28.6 Å². The number of hydrogen-bond acceptors (Lipinski definition) is 7. The lowest BCUT2D eigenvalue weighted by molar-refractivity contribution is -0.386. The van der Waals surface area contributed by atoms with Crippen molar-refractivity contribution in [2.24, 2.45) is 16.3 Å². The Morgan fingerprint density at radius 1 is 1.27 bits per heavy atom. The Kier molecular flexibility index (Phi) is 4.72. The standard InChI is InChI=1S/C22H23N3O5/c1-22(2)10-15-19(17(26)11-22)20(24-14-7-5-4-6-13(14)23-15)12-8-16(25(28)29)21(27)18(9-12)30-3/h4-9,19-20,24,27H,10-11H2,1-3H3/t19?,20-/m0/s1. The number of aliphatic imine (C=N–C) groups is 1. The lowest BCUT2D eigenvalue weighted by Crippen LogP contribution is -2.42. The number of nitrogens with one attached hydrogen (secondary N) is 1. The number of nitro benzene ring substituents is 1. The van der Waals surface area contributed by atoms with Gasteiger partial charge in [-0.2, -0.15) is 0 Å². The molecule has 2 aromatic rings. The Hall–Kier alpha value is -3.42. The number of anilines is 1. The first-order valence-electron chi connectivity index (χ1n) is 9.71. The van der Waals surface area contributed by atoms with Gasteiger partial charge in [0.1, 0.15) is 5.78 Å². The molecule has 30 heavy (non-hydrogen) atoms. The van der Waals surface area contributed by atoms with E-state index in [2.05, 4.69) is 5.32 Å². The molecule has 0 bridgehead atoms. The van der Waals surface area contributed by atoms with E-state index in [0.29, 0.717) is 18.4 Å². The summed E-state index contributed by atoms with van der Waals surface area (Å²) in [5, 5.41) is 25.0. The molecule has 8 nitrogen and oxygen atoms in total. The van der Waals surface area contributed by atoms with Gasteiger partial charge in [0, 0.05) is 18.2 Å². The highest BCUT2D eigenvalue weighted by Crippen LogP contribution is 2.47. The van der Waals surface area contributed by atoms with E-state index in [4.69, 9.17) is 9.73 Å². The van der Waals surface area contributed by atoms with Crippen LogP contribution in [0, 0.1) is 21.4 Å². The minimum atomic E-state index is -0.660. The number of methoxy groups -OCH3 is 1. The predicted molar refractivity (Wildman–Crippen MR) is 113 cm³/mol. The van der Waals surface area contributed by atoms with E-state index in [1.807, 2.05) is 38.1 Å². The van der Waals surface area contributed by atoms with Gasteiger partial charge in [-0.3, -0.25) is 19.9 Å². The zero-order valence-corrected chi connectivity index (χ0v) is 17.0. The smallest absolute Gasteiger partial charge is 0.315 e. The van der Waals surface area contributed by atoms with Gasteiger partial charge < -0.3 is 15.2 Å². The number of hydrogen-bond donors (Lipinski definition) is 2. The summed E-state index contributed by atoms with van der Waals surface area (Å²) in [5.41, 5.74) is 2.03. The molecule has 4 rings (SSSR count). The minimum Gasteiger partial charge on any atom is -0.500 e. The molecule has 156 valence electrons. The zero-order valence-electron chi connectivity index (χ0n) is 17.0. The van der Waals surface area contributed by atoms with Gasteiger partial charge in [-0.05, 0) is 35.6 Å². The van der Waals surface area contributed by atoms with E-state index in [9.17, 15) is 20.0 Å². The van der Waals surface area contributed by atoms with Gasteiger partial charge in [0.15, 0.2) is 5.75 Å². The second-order valence-corrected chi connectivity index (χ2v) is 8.55. The van der Waals surface area contributed by atoms with E-state index >= 15 is 0 Å². The fourth-order valence-electron chi connectivity index (χ4n) is 4.38. The number of benzene rings is 2. The number of carbonyl (C=O) groups is 1. The number of fused-ring (bicyclic) bond motifs is 2. The van der Waals surface area contributed by atoms with Crippen LogP contribution in [0.4, 0.5) is 17.1 Å². The molecule has 0 amide bonds. The summed E-state index contributed by atoms with van der Waals surface area (Å²) >= 11 is 0. The topological polar surface area (TPSA) is 114 Å². The molecule has 2 aliphatic rings. The summed E-state index contributed by atoms with van der Waals surface area (Å²) in [4.78, 5) is 28.9. The molecule has 0 aromatic heterocycles. The average Bonchev–Trinajstić information content (AvgIpc) is 2.83. The lowest BCUT2D eigenvalue weighted by atomic mass is 9.68. The summed E-state index contributed by atoms with van der Waals surface area (Å²) in [6.45, 7) is 4.08. The lowest BCUT2D eigenvalue weighted by Gasteiger charge is -2.37. The van der Waals surface area contributed by atoms with Crippen LogP contribution in [0.3, 0.4) is 0 Å². The maximum atomic E-state index is 13.2. The maximum absolute atomic E-state index is 13.2. The highest BCUT2D eigenvalue weighted by molar-refractivity contribution is 6.10. The molecule has 8 heteroatoms. The molecule has 1 saturated carbocycles. The third-order valence-electron chi connectivity index (χ3n) is 5.68. The summed E-state index contributed by atoms with van der Waals surface area (Å²) in [7, 11) is 1.33. The number of ketones is 1. The summed E-state index contributed by atoms with van der Waals surface area (Å²) in [6.07, 6.45) is 1.04. The number of ether oxygens (including phenoxy) is 1. The van der Waals surface area contributed by atoms with Crippen molar-refractivity contribution in [2.75, 3.05) is 12.4 Å². The van der Waals surface area contributed by atoms with Crippen molar-refractivity contribution in [1.29, 1.82) is 0 Å². The largest absolute Gasteiger partial charge is 0.500 e. The van der Waals surface area contributed by atoms with Crippen molar-refractivity contribution in [2.45, 2.75) is 32.7 Å². The Morgan fingerprint density at radius 3 is 2.70 bits per heavy atom. The van der Waals surface area contributed by atoms with Crippen molar-refractivity contribution in [1.82, 2.24) is 0 Å². The van der Waals surface area contributed by atoms with E-state index in [0.717, 1.165) is 17.1 Å². The maximum Gasteiger partial charge on any atom is 0.315 e. The molecule has 1 heterocycles. The molecule has 1 unspecified atom stereocenters. The van der Waals surface area contributed by atoms with Crippen LogP contribution < -0.4 is 10.1 Å². The monoisotopic (exact) mass is 409 g/mol. The van der Waals surface area contributed by atoms with Crippen LogP contribution >= 0.6 is 0 Å². The normalized spacial score (nSPS) is 22.1. The van der Waals surface area contributed by atoms with Gasteiger partial charge >= 0.3 is 5.69 Å². The number of carbonyl (C=O) groups excluding carboxylic acids is 1. The minimum absolute atomic E-state index is 0.0133. The Morgan fingerprint density at radius 2 is 2.00 bits per heavy atom. The van der Waals surface area contributed by atoms with Crippen LogP contribution in [0.2, 0.25) is 0 Å². The fraction of sp³-hybridized carbons (Fsp3) is 0.364. The van der Waals surface area contributed by atoms with Gasteiger partial charge in [0.05, 0.1) is 35.4 Å². The molecule has 1 aliphatic carbocycles. The Labute approximate surface area is 173 Å². The number of phenolic OH excluding ortho intramolecular Hbond substituents is 1. The highest BCUT2D eigenvalue weighted by Gasteiger charge is 2.44. The molecular weight excluding hydrogens is 386 g/mol. The molecule has 1 aliphatic heterocycles. The highest BCUT2D eigenvalue weighted by atomic mass is 16.6. The number of phenols is 1. The first-order valence-corrected chi connectivity index (χ1v) is 9.71. The zero-order chi connectivity index (χ0) is 21.6. The quantitative estimate of drug-likeness (QED) is 0.568. The van der Waals surface area contributed by atoms with Crippen LogP contribution in [0.1, 0.15) is 38.3 Å². The molecular formula is C22H23N3O5. The van der Waals surface area contributed by atoms with Crippen LogP contribution in [0.25, 0.3) is 0 Å². The van der Waals surface area contributed by atoms with Gasteiger partial charge in [-0.15, -0.1) is 0 Å². The van der Waals surface area contributed by atoms with Crippen LogP contribution in [0.5, 0.6) is 11.5 Å². The SMILES string of the molecule is COc1cc([C@@H]2Nc3ccccc3N=C3CC(C)(C)CC(=O)C32)cc([N+](=O)[O-])c1O. The average molecular weight is 409 g/mol. The Balaban J connectivity index is 1.91. The number of aromatic hydroxyl groups is 1. The fourth-order valence-corrected chi connectivity index (χ4v) is 4.38. The van der Waals surface area contributed by atoms with E-state index in [1.54, 1.807) is 6.07 Å². The second-order valence-electron chi connectivity index (χ2n) is 8.55. The third-order valence-corrected chi connectivity index (χ3v) is 5.68. The van der Waals surface area contributed by atoms with E-state index in [1.165, 1.54) is 13.2 Å². The summed E-state index contributed by atoms with van der Waals surface area (Å²) < 4.78 is 5.17. The Bertz CT molecular complexity index is 1080. The third kappa shape index (κ3) is 3.38.